The molecule has 0 saturated carbocycles. The molecule has 1 aromatic rings. The van der Waals surface area contributed by atoms with Crippen LogP contribution in [0, 0.1) is 22.7 Å². The number of nitrogens with zero attached hydrogens (tertiary/aromatic N) is 2. The van der Waals surface area contributed by atoms with Gasteiger partial charge >= 0.3 is 0 Å². The van der Waals surface area contributed by atoms with E-state index in [-0.39, 0.29) is 23.5 Å². The summed E-state index contributed by atoms with van der Waals surface area (Å²) in [6, 6.07) is 4.09. The topological polar surface area (TPSA) is 47.6 Å². The molecule has 94 valence electrons. The van der Waals surface area contributed by atoms with Crippen LogP contribution in [0.1, 0.15) is 33.4 Å². The number of hydrogen-bond donors (Lipinski definition) is 0. The zero-order valence-corrected chi connectivity index (χ0v) is 12.3. The Hall–Kier alpha value is -0.640. The maximum atomic E-state index is 9.21. The molecule has 18 heavy (non-hydrogen) atoms. The Labute approximate surface area is 126 Å². The lowest BCUT2D eigenvalue weighted by Gasteiger charge is -2.17. The third-order valence-corrected chi connectivity index (χ3v) is 3.76. The van der Waals surface area contributed by atoms with Gasteiger partial charge < -0.3 is 0 Å². The molecule has 1 aromatic carbocycles. The van der Waals surface area contributed by atoms with E-state index >= 15 is 0 Å². The summed E-state index contributed by atoms with van der Waals surface area (Å²) in [6.45, 7) is 0. The lowest BCUT2D eigenvalue weighted by atomic mass is 9.89. The van der Waals surface area contributed by atoms with E-state index in [2.05, 4.69) is 0 Å². The van der Waals surface area contributed by atoms with E-state index in [1.807, 2.05) is 12.1 Å². The smallest absolute Gasteiger partial charge is 0.0998 e. The number of hydrogen-bond acceptors (Lipinski definition) is 2. The van der Waals surface area contributed by atoms with Crippen LogP contribution in [0.3, 0.4) is 0 Å². The van der Waals surface area contributed by atoms with Gasteiger partial charge in [-0.15, -0.1) is 46.4 Å². The van der Waals surface area contributed by atoms with Crippen molar-refractivity contribution in [2.45, 2.75) is 23.5 Å². The van der Waals surface area contributed by atoms with Gasteiger partial charge in [0.15, 0.2) is 0 Å². The van der Waals surface area contributed by atoms with Crippen LogP contribution in [0.25, 0.3) is 0 Å². The van der Waals surface area contributed by atoms with Gasteiger partial charge in [0.1, 0.15) is 0 Å². The van der Waals surface area contributed by atoms with Crippen molar-refractivity contribution >= 4 is 46.4 Å². The van der Waals surface area contributed by atoms with Crippen molar-refractivity contribution in [1.82, 2.24) is 0 Å². The fraction of sp³-hybridized carbons (Fsp3) is 0.333. The molecule has 0 aliphatic carbocycles. The van der Waals surface area contributed by atoms with Crippen molar-refractivity contribution in [3.05, 3.63) is 33.4 Å². The molecule has 2 nitrogen and oxygen atoms in total. The van der Waals surface area contributed by atoms with Gasteiger partial charge in [0, 0.05) is 23.2 Å². The molecular formula is C12H8Cl4N2. The third kappa shape index (κ3) is 2.53. The summed E-state index contributed by atoms with van der Waals surface area (Å²) in [5, 5.41) is 18.4. The molecule has 0 saturated heterocycles. The van der Waals surface area contributed by atoms with E-state index in [4.69, 9.17) is 46.4 Å². The van der Waals surface area contributed by atoms with Gasteiger partial charge in [-0.25, -0.2) is 0 Å². The quantitative estimate of drug-likeness (QED) is 0.772. The first-order chi connectivity index (χ1) is 8.69. The maximum absolute atomic E-state index is 9.21. The highest BCUT2D eigenvalue weighted by molar-refractivity contribution is 6.20. The molecular weight excluding hydrogens is 314 g/mol. The highest BCUT2D eigenvalue weighted by atomic mass is 35.5. The molecule has 0 atom stereocenters. The van der Waals surface area contributed by atoms with E-state index in [9.17, 15) is 10.5 Å². The molecule has 0 N–H and O–H groups in total. The molecule has 1 rings (SSSR count). The number of alkyl halides is 4. The molecule has 0 amide bonds. The monoisotopic (exact) mass is 320 g/mol. The van der Waals surface area contributed by atoms with E-state index in [0.717, 1.165) is 0 Å². The lowest BCUT2D eigenvalue weighted by molar-refractivity contribution is 1.13. The van der Waals surface area contributed by atoms with Crippen molar-refractivity contribution in [3.8, 4) is 12.1 Å². The fourth-order valence-electron chi connectivity index (χ4n) is 1.83. The normalized spacial score (nSPS) is 9.89. The Kier molecular flexibility index (Phi) is 6.06. The Balaban J connectivity index is 3.87. The third-order valence-electron chi connectivity index (χ3n) is 2.69. The van der Waals surface area contributed by atoms with E-state index in [1.54, 1.807) is 0 Å². The molecule has 0 spiro atoms. The molecule has 6 heteroatoms. The Morgan fingerprint density at radius 3 is 1.17 bits per heavy atom. The number of halogens is 4. The second kappa shape index (κ2) is 7.07. The van der Waals surface area contributed by atoms with E-state index in [1.165, 1.54) is 0 Å². The first-order valence-electron chi connectivity index (χ1n) is 4.93. The Morgan fingerprint density at radius 1 is 0.611 bits per heavy atom. The minimum atomic E-state index is 0.0577. The van der Waals surface area contributed by atoms with Crippen LogP contribution in [0.5, 0.6) is 0 Å². The SMILES string of the molecule is N#Cc1c(CCl)c(C#N)c(CCl)c(CCl)c1CCl. The molecule has 0 fully saturated rings. The summed E-state index contributed by atoms with van der Waals surface area (Å²) < 4.78 is 0. The molecule has 0 heterocycles. The summed E-state index contributed by atoms with van der Waals surface area (Å²) in [5.74, 6) is 0.465. The van der Waals surface area contributed by atoms with Gasteiger partial charge in [-0.3, -0.25) is 0 Å². The molecule has 0 bridgehead atoms. The highest BCUT2D eigenvalue weighted by Crippen LogP contribution is 2.32. The van der Waals surface area contributed by atoms with Crippen LogP contribution >= 0.6 is 46.4 Å². The summed E-state index contributed by atoms with van der Waals surface area (Å²) in [5.41, 5.74) is 3.02. The standard InChI is InChI=1S/C12H8Cl4N2/c13-1-7-8(2-14)11(5-17)10(4-16)12(6-18)9(7)3-15/h1-4H2. The predicted molar refractivity (Wildman–Crippen MR) is 74.1 cm³/mol. The van der Waals surface area contributed by atoms with Gasteiger partial charge in [0.05, 0.1) is 29.1 Å². The van der Waals surface area contributed by atoms with Crippen molar-refractivity contribution in [2.75, 3.05) is 0 Å². The minimum Gasteiger partial charge on any atom is -0.192 e. The molecule has 0 radical (unpaired) electrons. The summed E-state index contributed by atoms with van der Waals surface area (Å²) in [7, 11) is 0. The average molecular weight is 322 g/mol. The van der Waals surface area contributed by atoms with Crippen LogP contribution in [-0.4, -0.2) is 0 Å². The largest absolute Gasteiger partial charge is 0.192 e. The van der Waals surface area contributed by atoms with Crippen molar-refractivity contribution in [3.63, 3.8) is 0 Å². The summed E-state index contributed by atoms with van der Waals surface area (Å²) in [4.78, 5) is 0. The van der Waals surface area contributed by atoms with Crippen molar-refractivity contribution in [2.24, 2.45) is 0 Å². The summed E-state index contributed by atoms with van der Waals surface area (Å²) >= 11 is 23.4. The van der Waals surface area contributed by atoms with E-state index in [0.29, 0.717) is 33.4 Å². The number of benzene rings is 1. The van der Waals surface area contributed by atoms with Gasteiger partial charge in [-0.2, -0.15) is 10.5 Å². The van der Waals surface area contributed by atoms with Crippen LogP contribution in [0.2, 0.25) is 0 Å². The van der Waals surface area contributed by atoms with Gasteiger partial charge in [-0.1, -0.05) is 0 Å². The van der Waals surface area contributed by atoms with Crippen LogP contribution in [0.4, 0.5) is 0 Å². The van der Waals surface area contributed by atoms with Gasteiger partial charge in [-0.05, 0) is 16.7 Å². The van der Waals surface area contributed by atoms with Crippen molar-refractivity contribution < 1.29 is 0 Å². The maximum Gasteiger partial charge on any atom is 0.0998 e. The van der Waals surface area contributed by atoms with Crippen molar-refractivity contribution in [1.29, 1.82) is 10.5 Å². The van der Waals surface area contributed by atoms with E-state index < -0.39 is 0 Å². The number of rotatable bonds is 4. The van der Waals surface area contributed by atoms with Crippen LogP contribution in [0.15, 0.2) is 0 Å². The molecule has 0 aliphatic heterocycles. The molecule has 0 unspecified atom stereocenters. The Bertz CT molecular complexity index is 497. The first kappa shape index (κ1) is 15.4. The average Bonchev–Trinajstić information content (AvgIpc) is 2.43. The zero-order chi connectivity index (χ0) is 13.7. The zero-order valence-electron chi connectivity index (χ0n) is 9.23. The summed E-state index contributed by atoms with van der Waals surface area (Å²) in [6.07, 6.45) is 0. The second-order valence-electron chi connectivity index (χ2n) is 3.42. The molecule has 0 aliphatic rings. The minimum absolute atomic E-state index is 0.0577. The molecule has 0 aromatic heterocycles. The van der Waals surface area contributed by atoms with Gasteiger partial charge in [0.2, 0.25) is 0 Å². The first-order valence-corrected chi connectivity index (χ1v) is 7.07. The van der Waals surface area contributed by atoms with Gasteiger partial charge in [0.25, 0.3) is 0 Å². The lowest BCUT2D eigenvalue weighted by Crippen LogP contribution is -2.07. The highest BCUT2D eigenvalue weighted by Gasteiger charge is 2.21. The second-order valence-corrected chi connectivity index (χ2v) is 4.49. The predicted octanol–water partition coefficient (Wildman–Crippen LogP) is 4.39. The van der Waals surface area contributed by atoms with Crippen LogP contribution < -0.4 is 0 Å². The van der Waals surface area contributed by atoms with Crippen LogP contribution in [-0.2, 0) is 23.5 Å². The number of nitriles is 2. The fourth-order valence-corrected chi connectivity index (χ4v) is 3.01. The Morgan fingerprint density at radius 2 is 0.944 bits per heavy atom.